The van der Waals surface area contributed by atoms with Gasteiger partial charge in [-0.05, 0) is 0 Å². The van der Waals surface area contributed by atoms with Crippen LogP contribution in [0, 0.1) is 13.5 Å². The van der Waals surface area contributed by atoms with Crippen LogP contribution in [0.3, 0.4) is 0 Å². The van der Waals surface area contributed by atoms with Crippen LogP contribution >= 0.6 is 0 Å². The molecular weight excluding hydrogens is 413 g/mol. The predicted octanol–water partition coefficient (Wildman–Crippen LogP) is 5.14. The fourth-order valence-electron chi connectivity index (χ4n) is 4.90. The maximum absolute atomic E-state index is 7.52. The quantitative estimate of drug-likeness (QED) is 0.281. The van der Waals surface area contributed by atoms with Crippen molar-refractivity contribution in [1.29, 1.82) is 0 Å². The van der Waals surface area contributed by atoms with Crippen LogP contribution in [0.4, 0.5) is 5.69 Å². The minimum absolute atomic E-state index is 0.0602. The summed E-state index contributed by atoms with van der Waals surface area (Å²) in [5.74, 6) is 4.99. The van der Waals surface area contributed by atoms with Crippen LogP contribution in [0.2, 0.25) is 11.5 Å². The van der Waals surface area contributed by atoms with E-state index in [0.717, 1.165) is 5.69 Å². The number of hydrogen-bond acceptors (Lipinski definition) is 0. The number of pyridine rings is 1. The molecule has 0 fully saturated rings. The first-order valence-electron chi connectivity index (χ1n) is 10.2. The number of benzene rings is 2. The summed E-state index contributed by atoms with van der Waals surface area (Å²) >= 11 is -2.61. The molecule has 2 heterocycles. The molecule has 2 nitrogen and oxygen atoms in total. The fourth-order valence-corrected chi connectivity index (χ4v) is 12.3. The Morgan fingerprint density at radius 2 is 1.72 bits per heavy atom. The number of aryl methyl sites for hydroxylation is 2. The van der Waals surface area contributed by atoms with Crippen molar-refractivity contribution in [3.05, 3.63) is 71.2 Å². The van der Waals surface area contributed by atoms with Crippen LogP contribution < -0.4 is 13.4 Å². The van der Waals surface area contributed by atoms with Gasteiger partial charge in [0.05, 0.1) is 0 Å². The third kappa shape index (κ3) is 2.95. The molecule has 0 saturated carbocycles. The molecule has 0 unspecified atom stereocenters. The second-order valence-electron chi connectivity index (χ2n) is 9.78. The SMILES string of the molecule is [C-]#[N+]c1ccc2[c](c1)[Ge]([CH3])([CH3])[c]1c(-c3cccc[n+]3C)c(C)cc(C(C)(C)C)c1-2. The Balaban J connectivity index is 2.20. The molecule has 0 saturated heterocycles. The molecule has 146 valence electrons. The van der Waals surface area contributed by atoms with Crippen LogP contribution in [0.1, 0.15) is 31.9 Å². The van der Waals surface area contributed by atoms with E-state index in [2.05, 4.69) is 98.3 Å². The molecule has 2 aromatic carbocycles. The normalized spacial score (nSPS) is 14.3. The molecule has 3 heteroatoms. The molecule has 3 aromatic rings. The van der Waals surface area contributed by atoms with Crippen LogP contribution in [-0.4, -0.2) is 13.3 Å². The predicted molar refractivity (Wildman–Crippen MR) is 125 cm³/mol. The molecule has 0 spiro atoms. The van der Waals surface area contributed by atoms with Gasteiger partial charge >= 0.3 is 178 Å². The Hall–Kier alpha value is -2.38. The van der Waals surface area contributed by atoms with E-state index in [9.17, 15) is 0 Å². The number of nitrogens with zero attached hydrogens (tertiary/aromatic N) is 2. The Morgan fingerprint density at radius 1 is 1.00 bits per heavy atom. The minimum atomic E-state index is -2.61. The van der Waals surface area contributed by atoms with Crippen molar-refractivity contribution in [3.63, 3.8) is 0 Å². The monoisotopic (exact) mass is 443 g/mol. The topological polar surface area (TPSA) is 8.24 Å². The fraction of sp³-hybridized carbons (Fsp3) is 0.308. The summed E-state index contributed by atoms with van der Waals surface area (Å²) in [4.78, 5) is 3.74. The van der Waals surface area contributed by atoms with Crippen LogP contribution in [0.25, 0.3) is 27.2 Å². The van der Waals surface area contributed by atoms with Crippen molar-refractivity contribution in [1.82, 2.24) is 0 Å². The van der Waals surface area contributed by atoms with E-state index in [0.29, 0.717) is 0 Å². The number of hydrogen-bond donors (Lipinski definition) is 0. The molecule has 0 bridgehead atoms. The Bertz CT molecular complexity index is 1190. The van der Waals surface area contributed by atoms with Gasteiger partial charge in [0.1, 0.15) is 0 Å². The third-order valence-electron chi connectivity index (χ3n) is 6.34. The van der Waals surface area contributed by atoms with Gasteiger partial charge in [0.25, 0.3) is 0 Å². The molecule has 0 amide bonds. The van der Waals surface area contributed by atoms with Crippen molar-refractivity contribution < 1.29 is 4.57 Å². The van der Waals surface area contributed by atoms with Gasteiger partial charge in [-0.15, -0.1) is 0 Å². The van der Waals surface area contributed by atoms with Gasteiger partial charge in [-0.25, -0.2) is 0 Å². The Kier molecular flexibility index (Phi) is 4.51. The molecule has 1 aliphatic heterocycles. The average Bonchev–Trinajstić information content (AvgIpc) is 2.88. The van der Waals surface area contributed by atoms with Crippen molar-refractivity contribution in [2.24, 2.45) is 7.05 Å². The van der Waals surface area contributed by atoms with Crippen molar-refractivity contribution in [2.75, 3.05) is 0 Å². The van der Waals surface area contributed by atoms with Gasteiger partial charge in [0.2, 0.25) is 0 Å². The summed E-state index contributed by atoms with van der Waals surface area (Å²) in [6.07, 6.45) is 2.14. The van der Waals surface area contributed by atoms with Gasteiger partial charge in [-0.3, -0.25) is 0 Å². The number of aromatic nitrogens is 1. The van der Waals surface area contributed by atoms with E-state index in [1.54, 1.807) is 4.40 Å². The van der Waals surface area contributed by atoms with Gasteiger partial charge in [-0.2, -0.15) is 0 Å². The van der Waals surface area contributed by atoms with E-state index in [1.165, 1.54) is 37.9 Å². The Morgan fingerprint density at radius 3 is 2.34 bits per heavy atom. The molecule has 1 aromatic heterocycles. The summed E-state index contributed by atoms with van der Waals surface area (Å²) in [6.45, 7) is 16.7. The summed E-state index contributed by atoms with van der Waals surface area (Å²) in [5, 5.41) is 0. The van der Waals surface area contributed by atoms with Gasteiger partial charge in [0, 0.05) is 0 Å². The van der Waals surface area contributed by atoms with Crippen LogP contribution in [0.15, 0.2) is 48.7 Å². The summed E-state index contributed by atoms with van der Waals surface area (Å²) < 4.78 is 5.27. The second-order valence-corrected chi connectivity index (χ2v) is 18.8. The first-order chi connectivity index (χ1) is 13.6. The molecule has 0 N–H and O–H groups in total. The van der Waals surface area contributed by atoms with E-state index in [1.807, 2.05) is 6.07 Å². The zero-order chi connectivity index (χ0) is 21.1. The zero-order valence-electron chi connectivity index (χ0n) is 18.5. The van der Waals surface area contributed by atoms with E-state index < -0.39 is 13.3 Å². The Labute approximate surface area is 177 Å². The third-order valence-corrected chi connectivity index (χ3v) is 13.7. The second kappa shape index (κ2) is 6.57. The first-order valence-corrected chi connectivity index (χ1v) is 16.5. The summed E-state index contributed by atoms with van der Waals surface area (Å²) in [6, 6.07) is 15.3. The zero-order valence-corrected chi connectivity index (χ0v) is 20.6. The molecule has 0 atom stereocenters. The standard InChI is InChI=1S/C26H29GeN2/c1-17-15-20(26(2,3)4)24-19-13-12-18(28-7)16-21(19)27(5,6)25(24)23(17)22-11-9-10-14-29(22)8/h9-16H,1-6,8H3/q+1. The van der Waals surface area contributed by atoms with Gasteiger partial charge in [-0.1, -0.05) is 0 Å². The summed E-state index contributed by atoms with van der Waals surface area (Å²) in [5.41, 5.74) is 9.09. The first kappa shape index (κ1) is 19.9. The molecule has 4 rings (SSSR count). The van der Waals surface area contributed by atoms with E-state index in [-0.39, 0.29) is 5.41 Å². The molecule has 1 aliphatic rings. The molecule has 0 aliphatic carbocycles. The van der Waals surface area contributed by atoms with E-state index >= 15 is 0 Å². The van der Waals surface area contributed by atoms with Crippen LogP contribution in [0.5, 0.6) is 0 Å². The maximum atomic E-state index is 7.52. The average molecular weight is 442 g/mol. The number of fused-ring (bicyclic) bond motifs is 3. The van der Waals surface area contributed by atoms with Crippen LogP contribution in [-0.2, 0) is 12.5 Å². The molecule has 0 radical (unpaired) electrons. The number of rotatable bonds is 1. The molecular formula is C26H29GeN2+. The van der Waals surface area contributed by atoms with Crippen molar-refractivity contribution in [3.8, 4) is 22.4 Å². The van der Waals surface area contributed by atoms with Gasteiger partial charge < -0.3 is 0 Å². The van der Waals surface area contributed by atoms with Crippen molar-refractivity contribution in [2.45, 2.75) is 44.6 Å². The van der Waals surface area contributed by atoms with Crippen molar-refractivity contribution >= 4 is 27.7 Å². The van der Waals surface area contributed by atoms with Gasteiger partial charge in [0.15, 0.2) is 0 Å². The summed E-state index contributed by atoms with van der Waals surface area (Å²) in [7, 11) is 2.14. The molecule has 29 heavy (non-hydrogen) atoms. The van der Waals surface area contributed by atoms with E-state index in [4.69, 9.17) is 6.57 Å².